The Morgan fingerprint density at radius 1 is 0.931 bits per heavy atom. The van der Waals surface area contributed by atoms with Gasteiger partial charge in [0.2, 0.25) is 6.17 Å². The Labute approximate surface area is 168 Å². The van der Waals surface area contributed by atoms with Gasteiger partial charge in [0.05, 0.1) is 20.6 Å². The molecule has 4 nitrogen and oxygen atoms in total. The minimum absolute atomic E-state index is 0.129. The molecule has 0 amide bonds. The van der Waals surface area contributed by atoms with Crippen LogP contribution in [0, 0.1) is 0 Å². The van der Waals surface area contributed by atoms with Crippen LogP contribution in [-0.2, 0) is 31.4 Å². The van der Waals surface area contributed by atoms with Gasteiger partial charge in [-0.15, -0.1) is 0 Å². The fourth-order valence-corrected chi connectivity index (χ4v) is 2.42. The van der Waals surface area contributed by atoms with Crippen molar-refractivity contribution in [3.8, 4) is 0 Å². The molecular formula is C22H25F3O4. The molecule has 1 atom stereocenters. The number of methoxy groups -OCH3 is 2. The zero-order valence-electron chi connectivity index (χ0n) is 16.4. The van der Waals surface area contributed by atoms with Crippen molar-refractivity contribution in [2.24, 2.45) is 0 Å². The predicted octanol–water partition coefficient (Wildman–Crippen LogP) is 4.86. The van der Waals surface area contributed by atoms with Crippen molar-refractivity contribution in [1.29, 1.82) is 0 Å². The SMILES string of the molecule is COC(=O)C(F)CC(F)(F)c1ccccc1.COC(=O)CCCc1ccccc1. The molecule has 158 valence electrons. The molecule has 0 saturated carbocycles. The van der Waals surface area contributed by atoms with Crippen LogP contribution in [-0.4, -0.2) is 32.3 Å². The van der Waals surface area contributed by atoms with E-state index in [1.807, 2.05) is 18.2 Å². The normalized spacial score (nSPS) is 11.6. The largest absolute Gasteiger partial charge is 0.469 e. The van der Waals surface area contributed by atoms with E-state index in [-0.39, 0.29) is 11.5 Å². The van der Waals surface area contributed by atoms with Crippen LogP contribution in [0.1, 0.15) is 30.4 Å². The van der Waals surface area contributed by atoms with Crippen LogP contribution in [0.2, 0.25) is 0 Å². The van der Waals surface area contributed by atoms with Crippen LogP contribution in [0.5, 0.6) is 0 Å². The van der Waals surface area contributed by atoms with E-state index >= 15 is 0 Å². The molecule has 0 aliphatic heterocycles. The van der Waals surface area contributed by atoms with Crippen molar-refractivity contribution in [3.05, 3.63) is 71.8 Å². The first-order valence-corrected chi connectivity index (χ1v) is 9.06. The minimum atomic E-state index is -3.38. The highest BCUT2D eigenvalue weighted by atomic mass is 19.3. The zero-order valence-corrected chi connectivity index (χ0v) is 16.4. The number of carbonyl (C=O) groups is 2. The first-order valence-electron chi connectivity index (χ1n) is 9.06. The van der Waals surface area contributed by atoms with Crippen LogP contribution >= 0.6 is 0 Å². The van der Waals surface area contributed by atoms with Crippen molar-refractivity contribution >= 4 is 11.9 Å². The van der Waals surface area contributed by atoms with Gasteiger partial charge in [0.25, 0.3) is 5.92 Å². The fraction of sp³-hybridized carbons (Fsp3) is 0.364. The zero-order chi connectivity index (χ0) is 21.7. The summed E-state index contributed by atoms with van der Waals surface area (Å²) in [7, 11) is 2.38. The molecule has 7 heteroatoms. The first-order chi connectivity index (χ1) is 13.8. The van der Waals surface area contributed by atoms with Gasteiger partial charge in [-0.25, -0.2) is 18.0 Å². The second-order valence-corrected chi connectivity index (χ2v) is 6.18. The third kappa shape index (κ3) is 9.27. The molecule has 0 aliphatic carbocycles. The number of aryl methyl sites for hydroxylation is 1. The Balaban J connectivity index is 0.000000296. The molecule has 0 aliphatic rings. The highest BCUT2D eigenvalue weighted by Crippen LogP contribution is 2.33. The van der Waals surface area contributed by atoms with E-state index in [1.54, 1.807) is 6.07 Å². The van der Waals surface area contributed by atoms with E-state index in [1.165, 1.54) is 36.9 Å². The monoisotopic (exact) mass is 410 g/mol. The molecule has 0 fully saturated rings. The van der Waals surface area contributed by atoms with E-state index < -0.39 is 24.5 Å². The maximum Gasteiger partial charge on any atom is 0.340 e. The maximum atomic E-state index is 13.5. The summed E-state index contributed by atoms with van der Waals surface area (Å²) in [4.78, 5) is 21.5. The average Bonchev–Trinajstić information content (AvgIpc) is 2.74. The number of ether oxygens (including phenoxy) is 2. The maximum absolute atomic E-state index is 13.5. The number of carbonyl (C=O) groups excluding carboxylic acids is 2. The molecule has 2 rings (SSSR count). The molecule has 29 heavy (non-hydrogen) atoms. The summed E-state index contributed by atoms with van der Waals surface area (Å²) in [6.07, 6.45) is -1.22. The summed E-state index contributed by atoms with van der Waals surface area (Å²) in [6.45, 7) is 0. The fourth-order valence-electron chi connectivity index (χ4n) is 2.42. The highest BCUT2D eigenvalue weighted by Gasteiger charge is 2.37. The summed E-state index contributed by atoms with van der Waals surface area (Å²) >= 11 is 0. The molecule has 0 heterocycles. The smallest absolute Gasteiger partial charge is 0.340 e. The summed E-state index contributed by atoms with van der Waals surface area (Å²) in [5, 5.41) is 0. The number of esters is 2. The number of rotatable bonds is 8. The molecule has 0 spiro atoms. The third-order valence-corrected chi connectivity index (χ3v) is 4.01. The second-order valence-electron chi connectivity index (χ2n) is 6.18. The van der Waals surface area contributed by atoms with Crippen LogP contribution in [0.15, 0.2) is 60.7 Å². The van der Waals surface area contributed by atoms with Gasteiger partial charge in [-0.2, -0.15) is 0 Å². The third-order valence-electron chi connectivity index (χ3n) is 4.01. The van der Waals surface area contributed by atoms with Crippen molar-refractivity contribution in [2.75, 3.05) is 14.2 Å². The standard InChI is InChI=1S/C11H11F3O2.C11H14O2/c1-16-10(15)9(12)7-11(13,14)8-5-3-2-4-6-8;1-13-11(12)9-5-8-10-6-3-2-4-7-10/h2-6,9H,7H2,1H3;2-4,6-7H,5,8-9H2,1H3. The average molecular weight is 410 g/mol. The second kappa shape index (κ2) is 12.6. The van der Waals surface area contributed by atoms with Crippen molar-refractivity contribution in [1.82, 2.24) is 0 Å². The Morgan fingerprint density at radius 3 is 2.00 bits per heavy atom. The molecular weight excluding hydrogens is 385 g/mol. The van der Waals surface area contributed by atoms with Crippen molar-refractivity contribution in [2.45, 2.75) is 37.8 Å². The summed E-state index contributed by atoms with van der Waals surface area (Å²) in [6, 6.07) is 16.9. The van der Waals surface area contributed by atoms with E-state index in [2.05, 4.69) is 21.6 Å². The van der Waals surface area contributed by atoms with Crippen molar-refractivity contribution < 1.29 is 32.2 Å². The van der Waals surface area contributed by atoms with Gasteiger partial charge in [0.1, 0.15) is 0 Å². The number of benzene rings is 2. The van der Waals surface area contributed by atoms with E-state index in [0.717, 1.165) is 20.0 Å². The van der Waals surface area contributed by atoms with Crippen LogP contribution in [0.25, 0.3) is 0 Å². The number of halogens is 3. The molecule has 0 aromatic heterocycles. The van der Waals surface area contributed by atoms with Crippen molar-refractivity contribution in [3.63, 3.8) is 0 Å². The van der Waals surface area contributed by atoms with Crippen LogP contribution < -0.4 is 0 Å². The van der Waals surface area contributed by atoms with Crippen LogP contribution in [0.4, 0.5) is 13.2 Å². The number of hydrogen-bond acceptors (Lipinski definition) is 4. The van der Waals surface area contributed by atoms with Gasteiger partial charge >= 0.3 is 11.9 Å². The van der Waals surface area contributed by atoms with Gasteiger partial charge < -0.3 is 9.47 Å². The molecule has 0 saturated heterocycles. The van der Waals surface area contributed by atoms with Gasteiger partial charge in [-0.05, 0) is 18.4 Å². The minimum Gasteiger partial charge on any atom is -0.469 e. The number of hydrogen-bond donors (Lipinski definition) is 0. The van der Waals surface area contributed by atoms with Gasteiger partial charge in [-0.3, -0.25) is 4.79 Å². The quantitative estimate of drug-likeness (QED) is 0.583. The van der Waals surface area contributed by atoms with Gasteiger partial charge in [0, 0.05) is 12.0 Å². The molecule has 0 radical (unpaired) electrons. The number of alkyl halides is 3. The first kappa shape index (κ1) is 24.2. The Kier molecular flexibility index (Phi) is 10.5. The highest BCUT2D eigenvalue weighted by molar-refractivity contribution is 5.74. The molecule has 2 aromatic rings. The van der Waals surface area contributed by atoms with E-state index in [4.69, 9.17) is 0 Å². The van der Waals surface area contributed by atoms with E-state index in [0.29, 0.717) is 6.42 Å². The Hall–Kier alpha value is -2.83. The Morgan fingerprint density at radius 2 is 1.48 bits per heavy atom. The van der Waals surface area contributed by atoms with Gasteiger partial charge in [0.15, 0.2) is 0 Å². The lowest BCUT2D eigenvalue weighted by molar-refractivity contribution is -0.151. The summed E-state index contributed by atoms with van der Waals surface area (Å²) in [5.41, 5.74) is 0.952. The summed E-state index contributed by atoms with van der Waals surface area (Å²) < 4.78 is 48.5. The Bertz CT molecular complexity index is 736. The molecule has 2 aromatic carbocycles. The molecule has 0 bridgehead atoms. The van der Waals surface area contributed by atoms with Crippen LogP contribution in [0.3, 0.4) is 0 Å². The van der Waals surface area contributed by atoms with E-state index in [9.17, 15) is 22.8 Å². The lowest BCUT2D eigenvalue weighted by Gasteiger charge is -2.17. The lowest BCUT2D eigenvalue weighted by Crippen LogP contribution is -2.26. The van der Waals surface area contributed by atoms with Gasteiger partial charge in [-0.1, -0.05) is 60.7 Å². The topological polar surface area (TPSA) is 52.6 Å². The lowest BCUT2D eigenvalue weighted by atomic mass is 10.0. The summed E-state index contributed by atoms with van der Waals surface area (Å²) in [5.74, 6) is -4.79. The molecule has 0 N–H and O–H groups in total. The predicted molar refractivity (Wildman–Crippen MR) is 103 cm³/mol. The molecule has 1 unspecified atom stereocenters.